The lowest BCUT2D eigenvalue weighted by Crippen LogP contribution is -2.15. The zero-order valence-electron chi connectivity index (χ0n) is 21.8. The molecule has 0 amide bonds. The summed E-state index contributed by atoms with van der Waals surface area (Å²) >= 11 is 0. The summed E-state index contributed by atoms with van der Waals surface area (Å²) in [6, 6.07) is 9.76. The Hall–Kier alpha value is -0.780. The number of rotatable bonds is 14. The van der Waals surface area contributed by atoms with E-state index >= 15 is 0 Å². The maximum absolute atomic E-state index is 2.44. The van der Waals surface area contributed by atoms with Gasteiger partial charge in [0.15, 0.2) is 0 Å². The van der Waals surface area contributed by atoms with Gasteiger partial charge in [0.1, 0.15) is 0 Å². The minimum absolute atomic E-state index is 0.995. The minimum Gasteiger partial charge on any atom is -0.0654 e. The van der Waals surface area contributed by atoms with Crippen LogP contribution >= 0.6 is 0 Å². The highest BCUT2D eigenvalue weighted by Gasteiger charge is 2.21. The van der Waals surface area contributed by atoms with Crippen molar-refractivity contribution >= 4 is 0 Å². The van der Waals surface area contributed by atoms with Gasteiger partial charge in [0.25, 0.3) is 0 Å². The third-order valence-electron chi connectivity index (χ3n) is 9.07. The topological polar surface area (TPSA) is 0 Å². The van der Waals surface area contributed by atoms with Crippen molar-refractivity contribution in [2.75, 3.05) is 0 Å². The lowest BCUT2D eigenvalue weighted by Gasteiger charge is -2.29. The molecule has 0 N–H and O–H groups in total. The van der Waals surface area contributed by atoms with Gasteiger partial charge < -0.3 is 0 Å². The first-order valence-electron chi connectivity index (χ1n) is 14.8. The van der Waals surface area contributed by atoms with Crippen molar-refractivity contribution in [1.82, 2.24) is 0 Å². The normalized spacial score (nSPS) is 26.3. The van der Waals surface area contributed by atoms with Crippen molar-refractivity contribution in [3.63, 3.8) is 0 Å². The lowest BCUT2D eigenvalue weighted by molar-refractivity contribution is 0.249. The number of aryl methyl sites for hydroxylation is 2. The second-order valence-electron chi connectivity index (χ2n) is 11.7. The molecule has 0 atom stereocenters. The SMILES string of the molecule is CCCCCC1CCC(CCc2ccc(CCC3CCC(CCCCC)CC3)cc2)CC1. The number of benzene rings is 1. The van der Waals surface area contributed by atoms with Crippen LogP contribution in [0.25, 0.3) is 0 Å². The molecule has 0 heterocycles. The van der Waals surface area contributed by atoms with E-state index in [0.717, 1.165) is 23.7 Å². The Bertz CT molecular complexity index is 516. The van der Waals surface area contributed by atoms with Crippen LogP contribution in [0.5, 0.6) is 0 Å². The Morgan fingerprint density at radius 3 is 1.09 bits per heavy atom. The molecule has 0 saturated heterocycles. The monoisotopic (exact) mass is 438 g/mol. The first-order valence-corrected chi connectivity index (χ1v) is 14.8. The Labute approximate surface area is 201 Å². The molecule has 1 aromatic carbocycles. The largest absolute Gasteiger partial charge is 0.0654 e. The fraction of sp³-hybridized carbons (Fsp3) is 0.812. The van der Waals surface area contributed by atoms with E-state index in [1.54, 1.807) is 11.1 Å². The van der Waals surface area contributed by atoms with E-state index in [0.29, 0.717) is 0 Å². The summed E-state index contributed by atoms with van der Waals surface area (Å²) in [5.74, 6) is 4.09. The summed E-state index contributed by atoms with van der Waals surface area (Å²) < 4.78 is 0. The second kappa shape index (κ2) is 15.2. The highest BCUT2D eigenvalue weighted by Crippen LogP contribution is 2.35. The van der Waals surface area contributed by atoms with Gasteiger partial charge in [-0.25, -0.2) is 0 Å². The fourth-order valence-electron chi connectivity index (χ4n) is 6.60. The van der Waals surface area contributed by atoms with Crippen LogP contribution in [0.15, 0.2) is 24.3 Å². The van der Waals surface area contributed by atoms with Crippen molar-refractivity contribution in [2.24, 2.45) is 23.7 Å². The summed E-state index contributed by atoms with van der Waals surface area (Å²) in [4.78, 5) is 0. The molecule has 2 aliphatic rings. The molecular formula is C32H54. The van der Waals surface area contributed by atoms with E-state index in [9.17, 15) is 0 Å². The highest BCUT2D eigenvalue weighted by atomic mass is 14.3. The van der Waals surface area contributed by atoms with Gasteiger partial charge in [-0.2, -0.15) is 0 Å². The van der Waals surface area contributed by atoms with Crippen molar-refractivity contribution in [1.29, 1.82) is 0 Å². The minimum atomic E-state index is 0.995. The van der Waals surface area contributed by atoms with Crippen LogP contribution in [0.1, 0.15) is 141 Å². The third kappa shape index (κ3) is 9.61. The molecule has 32 heavy (non-hydrogen) atoms. The van der Waals surface area contributed by atoms with E-state index in [1.807, 2.05) is 0 Å². The van der Waals surface area contributed by atoms with Crippen molar-refractivity contribution in [3.05, 3.63) is 35.4 Å². The molecule has 0 nitrogen and oxygen atoms in total. The number of unbranched alkanes of at least 4 members (excludes halogenated alkanes) is 4. The molecule has 182 valence electrons. The van der Waals surface area contributed by atoms with E-state index in [-0.39, 0.29) is 0 Å². The maximum Gasteiger partial charge on any atom is -0.0276 e. The highest BCUT2D eigenvalue weighted by molar-refractivity contribution is 5.22. The maximum atomic E-state index is 2.44. The average Bonchev–Trinajstić information content (AvgIpc) is 2.84. The van der Waals surface area contributed by atoms with Gasteiger partial charge in [-0.1, -0.05) is 141 Å². The molecule has 0 spiro atoms. The molecule has 0 aromatic heterocycles. The summed E-state index contributed by atoms with van der Waals surface area (Å²) in [7, 11) is 0. The molecule has 0 heteroatoms. The van der Waals surface area contributed by atoms with Gasteiger partial charge in [-0.15, -0.1) is 0 Å². The zero-order chi connectivity index (χ0) is 22.4. The predicted molar refractivity (Wildman–Crippen MR) is 142 cm³/mol. The Morgan fingerprint density at radius 2 is 0.781 bits per heavy atom. The summed E-state index contributed by atoms with van der Waals surface area (Å²) in [5.41, 5.74) is 3.15. The van der Waals surface area contributed by atoms with Gasteiger partial charge in [0.05, 0.1) is 0 Å². The Balaban J connectivity index is 1.26. The molecule has 1 aromatic rings. The van der Waals surface area contributed by atoms with Crippen LogP contribution in [0.3, 0.4) is 0 Å². The van der Waals surface area contributed by atoms with Crippen molar-refractivity contribution in [3.8, 4) is 0 Å². The molecular weight excluding hydrogens is 384 g/mol. The van der Waals surface area contributed by atoms with Crippen LogP contribution in [-0.4, -0.2) is 0 Å². The zero-order valence-corrected chi connectivity index (χ0v) is 21.8. The smallest absolute Gasteiger partial charge is 0.0276 e. The second-order valence-corrected chi connectivity index (χ2v) is 11.7. The average molecular weight is 439 g/mol. The Morgan fingerprint density at radius 1 is 0.469 bits per heavy atom. The van der Waals surface area contributed by atoms with Gasteiger partial charge in [-0.3, -0.25) is 0 Å². The quantitative estimate of drug-likeness (QED) is 0.253. The van der Waals surface area contributed by atoms with Crippen LogP contribution in [0.4, 0.5) is 0 Å². The molecule has 0 radical (unpaired) electrons. The van der Waals surface area contributed by atoms with Crippen molar-refractivity contribution < 1.29 is 0 Å². The van der Waals surface area contributed by atoms with E-state index < -0.39 is 0 Å². The third-order valence-corrected chi connectivity index (χ3v) is 9.07. The summed E-state index contributed by atoms with van der Waals surface area (Å²) in [5, 5.41) is 0. The molecule has 2 fully saturated rings. The summed E-state index contributed by atoms with van der Waals surface area (Å²) in [6.45, 7) is 4.65. The van der Waals surface area contributed by atoms with Crippen LogP contribution in [0.2, 0.25) is 0 Å². The van der Waals surface area contributed by atoms with E-state index in [4.69, 9.17) is 0 Å². The fourth-order valence-corrected chi connectivity index (χ4v) is 6.60. The molecule has 3 rings (SSSR count). The molecule has 2 saturated carbocycles. The van der Waals surface area contributed by atoms with Gasteiger partial charge >= 0.3 is 0 Å². The predicted octanol–water partition coefficient (Wildman–Crippen LogP) is 10.3. The molecule has 2 aliphatic carbocycles. The Kier molecular flexibility index (Phi) is 12.3. The van der Waals surface area contributed by atoms with E-state index in [2.05, 4.69) is 38.1 Å². The van der Waals surface area contributed by atoms with Crippen LogP contribution < -0.4 is 0 Å². The van der Waals surface area contributed by atoms with Crippen LogP contribution in [-0.2, 0) is 12.8 Å². The van der Waals surface area contributed by atoms with Gasteiger partial charge in [0.2, 0.25) is 0 Å². The standard InChI is InChI=1S/C32H54/c1-3-5-7-9-27-11-15-29(16-12-27)19-21-31-23-25-32(26-24-31)22-20-30-17-13-28(14-18-30)10-8-6-4-2/h23-30H,3-22H2,1-2H3. The summed E-state index contributed by atoms with van der Waals surface area (Å²) in [6.07, 6.45) is 29.0. The van der Waals surface area contributed by atoms with Gasteiger partial charge in [-0.05, 0) is 60.5 Å². The lowest BCUT2D eigenvalue weighted by atomic mass is 9.77. The first-order chi connectivity index (χ1) is 15.8. The van der Waals surface area contributed by atoms with Crippen LogP contribution in [0, 0.1) is 23.7 Å². The van der Waals surface area contributed by atoms with Crippen molar-refractivity contribution in [2.45, 2.75) is 142 Å². The number of hydrogen-bond donors (Lipinski definition) is 0. The molecule has 0 unspecified atom stereocenters. The molecule has 0 aliphatic heterocycles. The first kappa shape index (κ1) is 25.8. The van der Waals surface area contributed by atoms with Gasteiger partial charge in [0, 0.05) is 0 Å². The van der Waals surface area contributed by atoms with E-state index in [1.165, 1.54) is 128 Å². The number of hydrogen-bond acceptors (Lipinski definition) is 0. The molecule has 0 bridgehead atoms.